The first-order valence-corrected chi connectivity index (χ1v) is 11.1. The van der Waals surface area contributed by atoms with Crippen molar-refractivity contribution in [2.45, 2.75) is 77.9 Å². The van der Waals surface area contributed by atoms with Crippen LogP contribution in [0.2, 0.25) is 0 Å². The second kappa shape index (κ2) is 11.8. The smallest absolute Gasteiger partial charge is 0.247 e. The van der Waals surface area contributed by atoms with E-state index < -0.39 is 6.04 Å². The van der Waals surface area contributed by atoms with Crippen molar-refractivity contribution in [3.63, 3.8) is 0 Å². The quantitative estimate of drug-likeness (QED) is 0.651. The van der Waals surface area contributed by atoms with Gasteiger partial charge in [-0.15, -0.1) is 0 Å². The van der Waals surface area contributed by atoms with E-state index in [4.69, 9.17) is 9.47 Å². The fourth-order valence-corrected chi connectivity index (χ4v) is 4.27. The van der Waals surface area contributed by atoms with Gasteiger partial charge in [-0.05, 0) is 44.4 Å². The largest absolute Gasteiger partial charge is 0.384 e. The third kappa shape index (κ3) is 7.03. The average Bonchev–Trinajstić information content (AvgIpc) is 2.70. The number of amides is 2. The minimum Gasteiger partial charge on any atom is -0.384 e. The Kier molecular flexibility index (Phi) is 9.72. The number of carbonyl (C=O) groups is 2. The monoisotopic (exact) mass is 396 g/mol. The van der Waals surface area contributed by atoms with E-state index in [0.29, 0.717) is 31.6 Å². The Balaban J connectivity index is 1.99. The molecule has 1 heterocycles. The molecule has 6 nitrogen and oxygen atoms in total. The zero-order valence-corrected chi connectivity index (χ0v) is 18.2. The molecule has 1 aliphatic carbocycles. The summed E-state index contributed by atoms with van der Waals surface area (Å²) in [6.45, 7) is 8.39. The number of nitrogens with zero attached hydrogens (tertiary/aromatic N) is 1. The molecule has 1 saturated carbocycles. The molecular weight excluding hydrogens is 356 g/mol. The molecule has 0 aromatic rings. The molecule has 2 aliphatic rings. The number of nitrogens with one attached hydrogen (secondary N) is 1. The number of rotatable bonds is 9. The van der Waals surface area contributed by atoms with E-state index in [1.807, 2.05) is 25.7 Å². The van der Waals surface area contributed by atoms with Crippen molar-refractivity contribution in [3.8, 4) is 0 Å². The van der Waals surface area contributed by atoms with Gasteiger partial charge in [-0.2, -0.15) is 0 Å². The predicted molar refractivity (Wildman–Crippen MR) is 110 cm³/mol. The van der Waals surface area contributed by atoms with Crippen LogP contribution in [-0.2, 0) is 19.1 Å². The van der Waals surface area contributed by atoms with Gasteiger partial charge in [-0.3, -0.25) is 9.59 Å². The Bertz CT molecular complexity index is 489. The summed E-state index contributed by atoms with van der Waals surface area (Å²) in [6, 6.07) is -0.625. The minimum atomic E-state index is -0.625. The van der Waals surface area contributed by atoms with Gasteiger partial charge in [0.25, 0.3) is 0 Å². The standard InChI is InChI=1S/C22H40N2O4/c1-16(2)21(25)23-20(17(3)28-15-18-9-6-5-7-10-18)22(26)24-12-8-11-19(13-24)14-27-4/h16-20H,5-15H2,1-4H3,(H,23,25). The Hall–Kier alpha value is -1.14. The molecule has 3 atom stereocenters. The van der Waals surface area contributed by atoms with Crippen LogP contribution in [0.15, 0.2) is 0 Å². The van der Waals surface area contributed by atoms with Crippen molar-refractivity contribution in [3.05, 3.63) is 0 Å². The van der Waals surface area contributed by atoms with Crippen LogP contribution in [0.5, 0.6) is 0 Å². The molecule has 0 spiro atoms. The normalized spacial score (nSPS) is 23.5. The van der Waals surface area contributed by atoms with Gasteiger partial charge in [-0.25, -0.2) is 0 Å². The van der Waals surface area contributed by atoms with Crippen LogP contribution >= 0.6 is 0 Å². The van der Waals surface area contributed by atoms with E-state index in [0.717, 1.165) is 19.4 Å². The molecule has 0 radical (unpaired) electrons. The van der Waals surface area contributed by atoms with Gasteiger partial charge >= 0.3 is 0 Å². The third-order valence-corrected chi connectivity index (χ3v) is 6.11. The van der Waals surface area contributed by atoms with Crippen molar-refractivity contribution in [1.29, 1.82) is 0 Å². The molecule has 1 N–H and O–H groups in total. The topological polar surface area (TPSA) is 67.9 Å². The lowest BCUT2D eigenvalue weighted by Crippen LogP contribution is -2.57. The highest BCUT2D eigenvalue weighted by atomic mass is 16.5. The number of hydrogen-bond donors (Lipinski definition) is 1. The van der Waals surface area contributed by atoms with Crippen LogP contribution < -0.4 is 5.32 Å². The van der Waals surface area contributed by atoms with Gasteiger partial charge in [0.1, 0.15) is 6.04 Å². The van der Waals surface area contributed by atoms with E-state index in [-0.39, 0.29) is 23.8 Å². The third-order valence-electron chi connectivity index (χ3n) is 6.11. The number of hydrogen-bond acceptors (Lipinski definition) is 4. The summed E-state index contributed by atoms with van der Waals surface area (Å²) in [7, 11) is 1.70. The summed E-state index contributed by atoms with van der Waals surface area (Å²) >= 11 is 0. The molecule has 162 valence electrons. The van der Waals surface area contributed by atoms with Crippen molar-refractivity contribution >= 4 is 11.8 Å². The maximum atomic E-state index is 13.3. The summed E-state index contributed by atoms with van der Waals surface area (Å²) < 4.78 is 11.4. The first kappa shape index (κ1) is 23.1. The number of carbonyl (C=O) groups excluding carboxylic acids is 2. The van der Waals surface area contributed by atoms with Crippen molar-refractivity contribution in [2.75, 3.05) is 33.4 Å². The van der Waals surface area contributed by atoms with Gasteiger partial charge < -0.3 is 19.7 Å². The molecule has 28 heavy (non-hydrogen) atoms. The van der Waals surface area contributed by atoms with Crippen LogP contribution in [0.1, 0.15) is 65.7 Å². The molecule has 2 fully saturated rings. The van der Waals surface area contributed by atoms with Crippen LogP contribution in [0, 0.1) is 17.8 Å². The second-order valence-electron chi connectivity index (χ2n) is 8.93. The summed E-state index contributed by atoms with van der Waals surface area (Å²) in [5, 5.41) is 2.96. The lowest BCUT2D eigenvalue weighted by molar-refractivity contribution is -0.143. The second-order valence-corrected chi connectivity index (χ2v) is 8.93. The Morgan fingerprint density at radius 2 is 1.68 bits per heavy atom. The number of methoxy groups -OCH3 is 1. The predicted octanol–water partition coefficient (Wildman–Crippen LogP) is 3.00. The zero-order valence-electron chi connectivity index (χ0n) is 18.2. The first-order chi connectivity index (χ1) is 13.4. The van der Waals surface area contributed by atoms with E-state index in [2.05, 4.69) is 5.32 Å². The number of piperidine rings is 1. The average molecular weight is 397 g/mol. The lowest BCUT2D eigenvalue weighted by Gasteiger charge is -2.36. The van der Waals surface area contributed by atoms with Crippen molar-refractivity contribution in [2.24, 2.45) is 17.8 Å². The molecule has 3 unspecified atom stereocenters. The van der Waals surface area contributed by atoms with Crippen LogP contribution in [-0.4, -0.2) is 62.3 Å². The van der Waals surface area contributed by atoms with Crippen LogP contribution in [0.3, 0.4) is 0 Å². The van der Waals surface area contributed by atoms with Gasteiger partial charge in [0.2, 0.25) is 11.8 Å². The van der Waals surface area contributed by atoms with Crippen LogP contribution in [0.4, 0.5) is 0 Å². The maximum Gasteiger partial charge on any atom is 0.247 e. The molecule has 0 aromatic heterocycles. The molecule has 2 amide bonds. The highest BCUT2D eigenvalue weighted by Crippen LogP contribution is 2.25. The van der Waals surface area contributed by atoms with Crippen LogP contribution in [0.25, 0.3) is 0 Å². The SMILES string of the molecule is COCC1CCCN(C(=O)C(NC(=O)C(C)C)C(C)OCC2CCCCC2)C1. The first-order valence-electron chi connectivity index (χ1n) is 11.1. The summed E-state index contributed by atoms with van der Waals surface area (Å²) in [5.41, 5.74) is 0. The summed E-state index contributed by atoms with van der Waals surface area (Å²) in [5.74, 6) is 0.655. The minimum absolute atomic E-state index is 0.0223. The van der Waals surface area contributed by atoms with E-state index in [1.165, 1.54) is 32.1 Å². The fourth-order valence-electron chi connectivity index (χ4n) is 4.27. The van der Waals surface area contributed by atoms with E-state index in [1.54, 1.807) is 7.11 Å². The highest BCUT2D eigenvalue weighted by molar-refractivity contribution is 5.88. The highest BCUT2D eigenvalue weighted by Gasteiger charge is 2.34. The Morgan fingerprint density at radius 1 is 1.00 bits per heavy atom. The summed E-state index contributed by atoms with van der Waals surface area (Å²) in [6.07, 6.45) is 7.97. The fraction of sp³-hybridized carbons (Fsp3) is 0.909. The Labute approximate surface area is 170 Å². The summed E-state index contributed by atoms with van der Waals surface area (Å²) in [4.78, 5) is 27.5. The van der Waals surface area contributed by atoms with Gasteiger partial charge in [0.05, 0.1) is 12.7 Å². The van der Waals surface area contributed by atoms with Gasteiger partial charge in [0, 0.05) is 32.7 Å². The molecule has 0 bridgehead atoms. The number of ether oxygens (including phenoxy) is 2. The molecular formula is C22H40N2O4. The van der Waals surface area contributed by atoms with E-state index >= 15 is 0 Å². The van der Waals surface area contributed by atoms with Gasteiger partial charge in [0.15, 0.2) is 0 Å². The Morgan fingerprint density at radius 3 is 2.32 bits per heavy atom. The lowest BCUT2D eigenvalue weighted by atomic mass is 9.90. The molecule has 1 aliphatic heterocycles. The number of likely N-dealkylation sites (tertiary alicyclic amines) is 1. The molecule has 0 aromatic carbocycles. The van der Waals surface area contributed by atoms with Gasteiger partial charge in [-0.1, -0.05) is 33.1 Å². The van der Waals surface area contributed by atoms with Crippen molar-refractivity contribution < 1.29 is 19.1 Å². The van der Waals surface area contributed by atoms with Crippen molar-refractivity contribution in [1.82, 2.24) is 10.2 Å². The van der Waals surface area contributed by atoms with E-state index in [9.17, 15) is 9.59 Å². The molecule has 1 saturated heterocycles. The molecule has 6 heteroatoms. The molecule has 2 rings (SSSR count). The maximum absolute atomic E-state index is 13.3. The zero-order chi connectivity index (χ0) is 20.5.